The highest BCUT2D eigenvalue weighted by molar-refractivity contribution is 5.77. The molecule has 0 radical (unpaired) electrons. The standard InChI is InChI=1S/C39H79NO4/c1-4-6-8-10-12-14-16-18-20-22-24-26-28-30-32-40(39(41)38-44-37-36-43-35-34-42-3)33-31-29-27-25-23-21-19-17-15-13-11-9-7-5-2/h4-38H2,1-3H3. The molecule has 0 aliphatic heterocycles. The van der Waals surface area contributed by atoms with Crippen molar-refractivity contribution in [3.05, 3.63) is 0 Å². The number of amides is 1. The van der Waals surface area contributed by atoms with E-state index in [2.05, 4.69) is 18.7 Å². The first-order valence-electron chi connectivity index (χ1n) is 19.7. The van der Waals surface area contributed by atoms with Gasteiger partial charge in [-0.15, -0.1) is 0 Å². The minimum atomic E-state index is 0.145. The van der Waals surface area contributed by atoms with Crippen LogP contribution in [0, 0.1) is 0 Å². The van der Waals surface area contributed by atoms with Gasteiger partial charge in [-0.1, -0.05) is 181 Å². The van der Waals surface area contributed by atoms with Crippen LogP contribution in [0.5, 0.6) is 0 Å². The first kappa shape index (κ1) is 43.4. The van der Waals surface area contributed by atoms with E-state index in [1.54, 1.807) is 7.11 Å². The lowest BCUT2D eigenvalue weighted by Crippen LogP contribution is -2.36. The molecular formula is C39H79NO4. The van der Waals surface area contributed by atoms with Gasteiger partial charge >= 0.3 is 0 Å². The summed E-state index contributed by atoms with van der Waals surface area (Å²) in [4.78, 5) is 15.0. The number of methoxy groups -OCH3 is 1. The van der Waals surface area contributed by atoms with E-state index in [-0.39, 0.29) is 12.5 Å². The minimum Gasteiger partial charge on any atom is -0.382 e. The Morgan fingerprint density at radius 1 is 0.409 bits per heavy atom. The van der Waals surface area contributed by atoms with Crippen molar-refractivity contribution in [3.8, 4) is 0 Å². The van der Waals surface area contributed by atoms with Crippen LogP contribution in [0.15, 0.2) is 0 Å². The van der Waals surface area contributed by atoms with Crippen molar-refractivity contribution < 1.29 is 19.0 Å². The van der Waals surface area contributed by atoms with E-state index < -0.39 is 0 Å². The van der Waals surface area contributed by atoms with E-state index >= 15 is 0 Å². The van der Waals surface area contributed by atoms with Crippen LogP contribution in [0.25, 0.3) is 0 Å². The number of unbranched alkanes of at least 4 members (excludes halogenated alkanes) is 26. The number of carbonyl (C=O) groups excluding carboxylic acids is 1. The molecular weight excluding hydrogens is 546 g/mol. The maximum absolute atomic E-state index is 12.9. The normalized spacial score (nSPS) is 11.4. The molecule has 0 spiro atoms. The molecule has 1 amide bonds. The zero-order valence-corrected chi connectivity index (χ0v) is 30.3. The summed E-state index contributed by atoms with van der Waals surface area (Å²) in [5.41, 5.74) is 0. The molecule has 0 unspecified atom stereocenters. The van der Waals surface area contributed by atoms with Crippen molar-refractivity contribution in [2.24, 2.45) is 0 Å². The van der Waals surface area contributed by atoms with Gasteiger partial charge in [0.2, 0.25) is 5.91 Å². The Labute approximate surface area is 276 Å². The molecule has 0 fully saturated rings. The zero-order chi connectivity index (χ0) is 32.0. The second kappa shape index (κ2) is 38.5. The lowest BCUT2D eigenvalue weighted by Gasteiger charge is -2.23. The molecule has 0 heterocycles. The fraction of sp³-hybridized carbons (Fsp3) is 0.974. The van der Waals surface area contributed by atoms with E-state index in [0.29, 0.717) is 26.4 Å². The summed E-state index contributed by atoms with van der Waals surface area (Å²) in [6.45, 7) is 8.63. The highest BCUT2D eigenvalue weighted by atomic mass is 16.5. The SMILES string of the molecule is CCCCCCCCCCCCCCCCN(CCCCCCCCCCCCCCCC)C(=O)COCCOCCOC. The van der Waals surface area contributed by atoms with Crippen LogP contribution in [0.3, 0.4) is 0 Å². The fourth-order valence-corrected chi connectivity index (χ4v) is 5.97. The maximum atomic E-state index is 12.9. The van der Waals surface area contributed by atoms with Crippen molar-refractivity contribution in [2.75, 3.05) is 53.2 Å². The summed E-state index contributed by atoms with van der Waals surface area (Å²) in [5, 5.41) is 0. The molecule has 0 aliphatic rings. The van der Waals surface area contributed by atoms with Gasteiger partial charge in [0.1, 0.15) is 6.61 Å². The van der Waals surface area contributed by atoms with Gasteiger partial charge in [-0.25, -0.2) is 0 Å². The largest absolute Gasteiger partial charge is 0.382 e. The van der Waals surface area contributed by atoms with Crippen LogP contribution in [0.1, 0.15) is 194 Å². The van der Waals surface area contributed by atoms with Crippen molar-refractivity contribution in [2.45, 2.75) is 194 Å². The van der Waals surface area contributed by atoms with Gasteiger partial charge in [0.15, 0.2) is 0 Å². The first-order chi connectivity index (χ1) is 21.8. The first-order valence-corrected chi connectivity index (χ1v) is 19.7. The second-order valence-electron chi connectivity index (χ2n) is 13.2. The number of hydrogen-bond acceptors (Lipinski definition) is 4. The number of ether oxygens (including phenoxy) is 3. The Morgan fingerprint density at radius 3 is 1.05 bits per heavy atom. The average molecular weight is 626 g/mol. The molecule has 5 nitrogen and oxygen atoms in total. The Kier molecular flexibility index (Phi) is 38.0. The molecule has 0 N–H and O–H groups in total. The van der Waals surface area contributed by atoms with Crippen molar-refractivity contribution in [1.82, 2.24) is 4.90 Å². The monoisotopic (exact) mass is 626 g/mol. The van der Waals surface area contributed by atoms with Gasteiger partial charge in [0.05, 0.1) is 26.4 Å². The molecule has 0 atom stereocenters. The number of rotatable bonds is 38. The highest BCUT2D eigenvalue weighted by Gasteiger charge is 2.13. The molecule has 0 rings (SSSR count). The molecule has 0 saturated carbocycles. The van der Waals surface area contributed by atoms with Crippen LogP contribution < -0.4 is 0 Å². The number of hydrogen-bond donors (Lipinski definition) is 0. The minimum absolute atomic E-state index is 0.145. The van der Waals surface area contributed by atoms with Gasteiger partial charge in [-0.3, -0.25) is 4.79 Å². The maximum Gasteiger partial charge on any atom is 0.248 e. The van der Waals surface area contributed by atoms with E-state index in [1.807, 2.05) is 0 Å². The van der Waals surface area contributed by atoms with E-state index in [0.717, 1.165) is 25.9 Å². The van der Waals surface area contributed by atoms with Crippen LogP contribution in [0.4, 0.5) is 0 Å². The van der Waals surface area contributed by atoms with Gasteiger partial charge < -0.3 is 19.1 Å². The van der Waals surface area contributed by atoms with Crippen LogP contribution >= 0.6 is 0 Å². The number of nitrogens with zero attached hydrogens (tertiary/aromatic N) is 1. The predicted octanol–water partition coefficient (Wildman–Crippen LogP) is 11.5. The van der Waals surface area contributed by atoms with Crippen molar-refractivity contribution in [1.29, 1.82) is 0 Å². The third-order valence-electron chi connectivity index (χ3n) is 8.95. The Hall–Kier alpha value is -0.650. The summed E-state index contributed by atoms with van der Waals surface area (Å²) in [5.74, 6) is 0.145. The van der Waals surface area contributed by atoms with Crippen LogP contribution in [0.2, 0.25) is 0 Å². The Bertz CT molecular complexity index is 512. The third kappa shape index (κ3) is 34.2. The Morgan fingerprint density at radius 2 is 0.705 bits per heavy atom. The van der Waals surface area contributed by atoms with Gasteiger partial charge in [0.25, 0.3) is 0 Å². The van der Waals surface area contributed by atoms with E-state index in [9.17, 15) is 4.79 Å². The molecule has 0 aromatic carbocycles. The fourth-order valence-electron chi connectivity index (χ4n) is 5.97. The molecule has 5 heteroatoms. The lowest BCUT2D eigenvalue weighted by molar-refractivity contribution is -0.136. The van der Waals surface area contributed by atoms with Crippen molar-refractivity contribution in [3.63, 3.8) is 0 Å². The third-order valence-corrected chi connectivity index (χ3v) is 8.95. The lowest BCUT2D eigenvalue weighted by atomic mass is 10.0. The molecule has 0 bridgehead atoms. The summed E-state index contributed by atoms with van der Waals surface area (Å²) < 4.78 is 16.1. The molecule has 44 heavy (non-hydrogen) atoms. The molecule has 0 aromatic heterocycles. The molecule has 0 aromatic rings. The van der Waals surface area contributed by atoms with E-state index in [1.165, 1.54) is 167 Å². The summed E-state index contributed by atoms with van der Waals surface area (Å²) >= 11 is 0. The molecule has 0 saturated heterocycles. The topological polar surface area (TPSA) is 48.0 Å². The zero-order valence-electron chi connectivity index (χ0n) is 30.3. The highest BCUT2D eigenvalue weighted by Crippen LogP contribution is 2.15. The summed E-state index contributed by atoms with van der Waals surface area (Å²) in [6.07, 6.45) is 38.1. The Balaban J connectivity index is 3.98. The summed E-state index contributed by atoms with van der Waals surface area (Å²) in [6, 6.07) is 0. The van der Waals surface area contributed by atoms with Crippen molar-refractivity contribution >= 4 is 5.91 Å². The van der Waals surface area contributed by atoms with Crippen LogP contribution in [-0.4, -0.2) is 64.0 Å². The summed E-state index contributed by atoms with van der Waals surface area (Å²) in [7, 11) is 1.67. The van der Waals surface area contributed by atoms with Gasteiger partial charge in [-0.05, 0) is 12.8 Å². The quantitative estimate of drug-likeness (QED) is 0.0640. The second-order valence-corrected chi connectivity index (χ2v) is 13.2. The molecule has 0 aliphatic carbocycles. The van der Waals surface area contributed by atoms with Crippen LogP contribution in [-0.2, 0) is 19.0 Å². The van der Waals surface area contributed by atoms with E-state index in [4.69, 9.17) is 14.2 Å². The predicted molar refractivity (Wildman–Crippen MR) is 191 cm³/mol. The molecule has 264 valence electrons. The number of carbonyl (C=O) groups is 1. The van der Waals surface area contributed by atoms with Gasteiger partial charge in [0, 0.05) is 20.2 Å². The van der Waals surface area contributed by atoms with Gasteiger partial charge in [-0.2, -0.15) is 0 Å². The average Bonchev–Trinajstić information content (AvgIpc) is 3.03. The smallest absolute Gasteiger partial charge is 0.248 e.